The second-order valence-corrected chi connectivity index (χ2v) is 9.66. The highest BCUT2D eigenvalue weighted by molar-refractivity contribution is 8.00. The van der Waals surface area contributed by atoms with Gasteiger partial charge in [0, 0.05) is 17.5 Å². The molecule has 0 atom stereocenters. The van der Waals surface area contributed by atoms with Crippen LogP contribution in [0.25, 0.3) is 16.7 Å². The zero-order valence-electron chi connectivity index (χ0n) is 16.8. The second-order valence-electron chi connectivity index (χ2n) is 7.39. The Balaban J connectivity index is 1.69. The smallest absolute Gasteiger partial charge is 0.205 e. The molecule has 0 radical (unpaired) electrons. The van der Waals surface area contributed by atoms with Crippen molar-refractivity contribution in [2.24, 2.45) is 0 Å². The molecule has 0 spiro atoms. The minimum atomic E-state index is 0.0370. The number of nitrogens with zero attached hydrogens (tertiary/aromatic N) is 2. The summed E-state index contributed by atoms with van der Waals surface area (Å²) in [5.74, 6) is 0.892. The highest BCUT2D eigenvalue weighted by atomic mass is 32.2. The van der Waals surface area contributed by atoms with Crippen LogP contribution in [0.15, 0.2) is 77.1 Å². The molecule has 0 aliphatic heterocycles. The fourth-order valence-electron chi connectivity index (χ4n) is 3.72. The molecule has 0 fully saturated rings. The van der Waals surface area contributed by atoms with Crippen molar-refractivity contribution in [1.82, 2.24) is 9.38 Å². The lowest BCUT2D eigenvalue weighted by Crippen LogP contribution is -1.98. The first-order valence-corrected chi connectivity index (χ1v) is 11.6. The number of imidazole rings is 1. The van der Waals surface area contributed by atoms with Crippen molar-refractivity contribution >= 4 is 45.6 Å². The Morgan fingerprint density at radius 1 is 1.03 bits per heavy atom. The summed E-state index contributed by atoms with van der Waals surface area (Å²) in [6, 6.07) is 22.0. The average molecular weight is 429 g/mol. The molecule has 0 saturated heterocycles. The van der Waals surface area contributed by atoms with E-state index in [1.165, 1.54) is 11.1 Å². The van der Waals surface area contributed by atoms with Gasteiger partial charge in [0.25, 0.3) is 0 Å². The molecule has 0 aliphatic carbocycles. The van der Waals surface area contributed by atoms with Crippen molar-refractivity contribution < 1.29 is 4.79 Å². The minimum Gasteiger partial charge on any atom is -0.297 e. The van der Waals surface area contributed by atoms with Crippen LogP contribution in [0.1, 0.15) is 31.9 Å². The van der Waals surface area contributed by atoms with E-state index in [0.717, 1.165) is 32.2 Å². The quantitative estimate of drug-likeness (QED) is 0.231. The Kier molecular flexibility index (Phi) is 4.93. The van der Waals surface area contributed by atoms with Crippen molar-refractivity contribution in [2.45, 2.75) is 23.8 Å². The molecule has 3 aromatic heterocycles. The predicted molar refractivity (Wildman–Crippen MR) is 126 cm³/mol. The van der Waals surface area contributed by atoms with Crippen LogP contribution in [0.5, 0.6) is 0 Å². The third-order valence-corrected chi connectivity index (χ3v) is 7.60. The number of pyridine rings is 1. The Hall–Kier alpha value is -2.89. The Labute approximate surface area is 183 Å². The molecule has 148 valence electrons. The van der Waals surface area contributed by atoms with Crippen molar-refractivity contribution in [3.05, 3.63) is 100 Å². The normalized spacial score (nSPS) is 11.4. The molecule has 5 aromatic rings. The van der Waals surface area contributed by atoms with Crippen molar-refractivity contribution in [2.75, 3.05) is 0 Å². The zero-order chi connectivity index (χ0) is 20.7. The van der Waals surface area contributed by atoms with E-state index in [1.54, 1.807) is 23.1 Å². The molecule has 0 saturated carbocycles. The number of aromatic nitrogens is 2. The topological polar surface area (TPSA) is 34.4 Å². The van der Waals surface area contributed by atoms with Crippen LogP contribution in [-0.4, -0.2) is 15.2 Å². The number of hydrogen-bond donors (Lipinski definition) is 0. The fourth-order valence-corrected chi connectivity index (χ4v) is 6.13. The van der Waals surface area contributed by atoms with E-state index in [0.29, 0.717) is 10.4 Å². The lowest BCUT2D eigenvalue weighted by atomic mass is 10.1. The highest BCUT2D eigenvalue weighted by Gasteiger charge is 2.24. The van der Waals surface area contributed by atoms with Crippen LogP contribution >= 0.6 is 23.1 Å². The van der Waals surface area contributed by atoms with Gasteiger partial charge in [0.15, 0.2) is 0 Å². The van der Waals surface area contributed by atoms with E-state index < -0.39 is 0 Å². The summed E-state index contributed by atoms with van der Waals surface area (Å²) in [6.07, 6.45) is 2.12. The largest absolute Gasteiger partial charge is 0.297 e. The number of thiophene rings is 1. The number of carbonyl (C=O) groups is 1. The number of carbonyl (C=O) groups excluding carboxylic acids is 1. The van der Waals surface area contributed by atoms with E-state index in [2.05, 4.69) is 54.8 Å². The fraction of sp³-hybridized carbons (Fsp3) is 0.120. The maximum Gasteiger partial charge on any atom is 0.205 e. The Morgan fingerprint density at radius 3 is 2.47 bits per heavy atom. The van der Waals surface area contributed by atoms with Crippen LogP contribution < -0.4 is 0 Å². The SMILES string of the molecule is Cc1cc(C)c2nc3c(C(=O)c4ccccc4)sc(SCc4ccccc4)c3n2c1. The van der Waals surface area contributed by atoms with Crippen LogP contribution in [-0.2, 0) is 5.75 Å². The molecule has 0 unspecified atom stereocenters. The molecule has 3 heterocycles. The molecule has 5 rings (SSSR count). The first-order valence-electron chi connectivity index (χ1n) is 9.80. The van der Waals surface area contributed by atoms with Gasteiger partial charge in [-0.3, -0.25) is 9.20 Å². The van der Waals surface area contributed by atoms with Gasteiger partial charge in [0.1, 0.15) is 16.0 Å². The Morgan fingerprint density at radius 2 is 1.73 bits per heavy atom. The van der Waals surface area contributed by atoms with E-state index >= 15 is 0 Å². The number of ketones is 1. The summed E-state index contributed by atoms with van der Waals surface area (Å²) >= 11 is 3.33. The number of benzene rings is 2. The van der Waals surface area contributed by atoms with Gasteiger partial charge in [0.2, 0.25) is 5.78 Å². The molecule has 0 amide bonds. The summed E-state index contributed by atoms with van der Waals surface area (Å²) in [5, 5.41) is 0. The monoisotopic (exact) mass is 428 g/mol. The van der Waals surface area contributed by atoms with Crippen molar-refractivity contribution in [3.8, 4) is 0 Å². The third kappa shape index (κ3) is 3.34. The first-order chi connectivity index (χ1) is 14.6. The van der Waals surface area contributed by atoms with Gasteiger partial charge in [-0.2, -0.15) is 0 Å². The van der Waals surface area contributed by atoms with E-state index in [-0.39, 0.29) is 5.78 Å². The van der Waals surface area contributed by atoms with Crippen LogP contribution in [0.2, 0.25) is 0 Å². The molecule has 2 aromatic carbocycles. The van der Waals surface area contributed by atoms with Gasteiger partial charge in [0.05, 0.1) is 9.73 Å². The molecular weight excluding hydrogens is 408 g/mol. The van der Waals surface area contributed by atoms with Crippen LogP contribution in [0, 0.1) is 13.8 Å². The van der Waals surface area contributed by atoms with Crippen LogP contribution in [0.3, 0.4) is 0 Å². The summed E-state index contributed by atoms with van der Waals surface area (Å²) in [7, 11) is 0. The molecular formula is C25H20N2OS2. The van der Waals surface area contributed by atoms with Crippen LogP contribution in [0.4, 0.5) is 0 Å². The standard InChI is InChI=1S/C25H20N2OS2/c1-16-13-17(2)24-26-20-21(27(24)14-16)25(29-15-18-9-5-3-6-10-18)30-23(20)22(28)19-11-7-4-8-12-19/h3-14H,15H2,1-2H3. The van der Waals surface area contributed by atoms with Gasteiger partial charge in [-0.15, -0.1) is 23.1 Å². The lowest BCUT2D eigenvalue weighted by Gasteiger charge is -2.04. The maximum atomic E-state index is 13.3. The molecule has 3 nitrogen and oxygen atoms in total. The predicted octanol–water partition coefficient (Wildman–Crippen LogP) is 6.69. The molecule has 0 bridgehead atoms. The van der Waals surface area contributed by atoms with Gasteiger partial charge in [-0.05, 0) is 30.5 Å². The number of fused-ring (bicyclic) bond motifs is 3. The van der Waals surface area contributed by atoms with Crippen molar-refractivity contribution in [1.29, 1.82) is 0 Å². The number of thioether (sulfide) groups is 1. The summed E-state index contributed by atoms with van der Waals surface area (Å²) in [6.45, 7) is 4.17. The van der Waals surface area contributed by atoms with Gasteiger partial charge < -0.3 is 0 Å². The molecule has 0 aliphatic rings. The number of hydrogen-bond acceptors (Lipinski definition) is 4. The van der Waals surface area contributed by atoms with E-state index in [4.69, 9.17) is 4.98 Å². The first kappa shape index (κ1) is 19.1. The van der Waals surface area contributed by atoms with E-state index in [9.17, 15) is 4.79 Å². The molecule has 0 N–H and O–H groups in total. The molecule has 30 heavy (non-hydrogen) atoms. The maximum absolute atomic E-state index is 13.3. The van der Waals surface area contributed by atoms with E-state index in [1.807, 2.05) is 36.4 Å². The second kappa shape index (κ2) is 7.74. The lowest BCUT2D eigenvalue weighted by molar-refractivity contribution is 0.104. The zero-order valence-corrected chi connectivity index (χ0v) is 18.4. The minimum absolute atomic E-state index is 0.0370. The number of rotatable bonds is 5. The average Bonchev–Trinajstić information content (AvgIpc) is 3.31. The summed E-state index contributed by atoms with van der Waals surface area (Å²) in [4.78, 5) is 19.0. The van der Waals surface area contributed by atoms with Gasteiger partial charge in [-0.25, -0.2) is 4.98 Å². The number of aryl methyl sites for hydroxylation is 2. The third-order valence-electron chi connectivity index (χ3n) is 5.10. The van der Waals surface area contributed by atoms with Gasteiger partial charge in [-0.1, -0.05) is 66.7 Å². The summed E-state index contributed by atoms with van der Waals surface area (Å²) < 4.78 is 3.29. The highest BCUT2D eigenvalue weighted by Crippen LogP contribution is 2.41. The Bertz CT molecular complexity index is 1370. The molecule has 5 heteroatoms. The summed E-state index contributed by atoms with van der Waals surface area (Å²) in [5.41, 5.74) is 7.03. The van der Waals surface area contributed by atoms with Crippen molar-refractivity contribution in [3.63, 3.8) is 0 Å². The van der Waals surface area contributed by atoms with Gasteiger partial charge >= 0.3 is 0 Å².